The van der Waals surface area contributed by atoms with E-state index >= 15 is 4.79 Å². The lowest BCUT2D eigenvalue weighted by molar-refractivity contribution is -0.384. The summed E-state index contributed by atoms with van der Waals surface area (Å²) >= 11 is 7.85. The summed E-state index contributed by atoms with van der Waals surface area (Å²) in [7, 11) is 3.10. The molecule has 5 aromatic rings. The van der Waals surface area contributed by atoms with Crippen molar-refractivity contribution in [2.75, 3.05) is 16.9 Å². The van der Waals surface area contributed by atoms with Gasteiger partial charge >= 0.3 is 0 Å². The highest BCUT2D eigenvalue weighted by Gasteiger charge is 2.68. The van der Waals surface area contributed by atoms with Crippen LogP contribution in [-0.2, 0) is 26.2 Å². The number of carbonyl (C=O) groups excluding carboxylic acids is 4. The Morgan fingerprint density at radius 1 is 1.00 bits per heavy atom. The number of phenolic OH excluding ortho intramolecular Hbond substituents is 1. The number of hydrogen-bond donors (Lipinski definition) is 1. The van der Waals surface area contributed by atoms with Gasteiger partial charge in [-0.2, -0.15) is 5.10 Å². The summed E-state index contributed by atoms with van der Waals surface area (Å²) in [5.74, 6) is -5.43. The second-order valence-corrected chi connectivity index (χ2v) is 16.6. The number of benzene rings is 3. The van der Waals surface area contributed by atoms with Crippen molar-refractivity contribution in [2.24, 2.45) is 36.1 Å². The van der Waals surface area contributed by atoms with Gasteiger partial charge in [0.2, 0.25) is 23.6 Å². The molecule has 15 heteroatoms. The van der Waals surface area contributed by atoms with Crippen LogP contribution in [0.25, 0.3) is 20.7 Å². The van der Waals surface area contributed by atoms with Crippen LogP contribution >= 0.6 is 22.9 Å². The Bertz CT molecular complexity index is 2630. The molecule has 2 aliphatic carbocycles. The van der Waals surface area contributed by atoms with Crippen LogP contribution in [0.1, 0.15) is 36.8 Å². The summed E-state index contributed by atoms with van der Waals surface area (Å²) in [4.78, 5) is 72.6. The molecule has 4 amide bonds. The van der Waals surface area contributed by atoms with Crippen LogP contribution in [0.5, 0.6) is 11.5 Å². The lowest BCUT2D eigenvalue weighted by Crippen LogP contribution is -2.48. The number of halogens is 1. The summed E-state index contributed by atoms with van der Waals surface area (Å²) in [6, 6.07) is 17.7. The predicted molar refractivity (Wildman–Crippen MR) is 209 cm³/mol. The summed E-state index contributed by atoms with van der Waals surface area (Å²) in [5, 5.41) is 28.5. The number of carbonyl (C=O) groups is 4. The molecule has 2 aromatic heterocycles. The molecule has 2 saturated heterocycles. The number of aromatic hydroxyl groups is 1. The van der Waals surface area contributed by atoms with Crippen molar-refractivity contribution in [1.29, 1.82) is 0 Å². The molecule has 0 radical (unpaired) electrons. The normalized spacial score (nSPS) is 25.7. The molecule has 13 nitrogen and oxygen atoms in total. The lowest BCUT2D eigenvalue weighted by Gasteiger charge is -2.49. The zero-order valence-corrected chi connectivity index (χ0v) is 32.1. The monoisotopic (exact) mass is 791 g/mol. The number of nitro groups is 1. The van der Waals surface area contributed by atoms with E-state index in [9.17, 15) is 29.6 Å². The van der Waals surface area contributed by atoms with Gasteiger partial charge in [0, 0.05) is 40.9 Å². The molecule has 1 saturated carbocycles. The Kier molecular flexibility index (Phi) is 8.05. The summed E-state index contributed by atoms with van der Waals surface area (Å²) in [6.45, 7) is 3.76. The van der Waals surface area contributed by atoms with Gasteiger partial charge in [-0.15, -0.1) is 11.3 Å². The molecule has 3 fully saturated rings. The molecule has 0 spiro atoms. The van der Waals surface area contributed by atoms with Gasteiger partial charge < -0.3 is 9.84 Å². The highest BCUT2D eigenvalue weighted by molar-refractivity contribution is 7.22. The van der Waals surface area contributed by atoms with E-state index in [0.717, 1.165) is 31.0 Å². The average Bonchev–Trinajstić information content (AvgIpc) is 3.85. The zero-order chi connectivity index (χ0) is 39.5. The second-order valence-electron chi connectivity index (χ2n) is 15.1. The van der Waals surface area contributed by atoms with Crippen molar-refractivity contribution in [3.8, 4) is 22.1 Å². The number of nitro benzene ring substituents is 1. The largest absolute Gasteiger partial charge is 0.504 e. The molecule has 56 heavy (non-hydrogen) atoms. The van der Waals surface area contributed by atoms with Crippen LogP contribution in [0.3, 0.4) is 0 Å². The quantitative estimate of drug-likeness (QED) is 0.0803. The number of phenols is 1. The molecule has 6 unspecified atom stereocenters. The van der Waals surface area contributed by atoms with Crippen molar-refractivity contribution in [3.05, 3.63) is 105 Å². The molecule has 4 aliphatic rings. The van der Waals surface area contributed by atoms with E-state index in [2.05, 4.69) is 0 Å². The summed E-state index contributed by atoms with van der Waals surface area (Å²) < 4.78 is 8.03. The number of rotatable bonds is 6. The fourth-order valence-corrected chi connectivity index (χ4v) is 11.0. The number of nitrogens with zero attached hydrogens (tertiary/aromatic N) is 5. The van der Waals surface area contributed by atoms with E-state index in [1.807, 2.05) is 31.2 Å². The minimum atomic E-state index is -1.35. The minimum Gasteiger partial charge on any atom is -0.504 e. The number of fused-ring (bicyclic) bond motifs is 5. The van der Waals surface area contributed by atoms with Crippen molar-refractivity contribution < 1.29 is 33.9 Å². The van der Waals surface area contributed by atoms with E-state index < -0.39 is 63.6 Å². The maximum absolute atomic E-state index is 15.1. The first-order valence-electron chi connectivity index (χ1n) is 18.0. The van der Waals surface area contributed by atoms with Gasteiger partial charge in [-0.3, -0.25) is 34.0 Å². The smallest absolute Gasteiger partial charge is 0.271 e. The molecular formula is C41H34ClN5O8S. The van der Waals surface area contributed by atoms with Gasteiger partial charge in [0.25, 0.3) is 5.69 Å². The SMILES string of the molecule is COc1cc(C2C3=CCC4C(=O)N(c5cccc([N+](=O)[O-])c5)C(=O)C4C3CC3C(=O)N(c4cc(-c5sc6ccc(Cl)cc6c5C)nn4C)C(=O)C32C)ccc1O. The van der Waals surface area contributed by atoms with Crippen LogP contribution in [0.2, 0.25) is 5.02 Å². The Balaban J connectivity index is 1.15. The van der Waals surface area contributed by atoms with Gasteiger partial charge in [-0.05, 0) is 85.5 Å². The molecule has 1 N–H and O–H groups in total. The average molecular weight is 792 g/mol. The Morgan fingerprint density at radius 3 is 2.54 bits per heavy atom. The third-order valence-electron chi connectivity index (χ3n) is 12.3. The maximum atomic E-state index is 15.1. The van der Waals surface area contributed by atoms with Crippen LogP contribution in [0.15, 0.2) is 78.4 Å². The topological polar surface area (TPSA) is 165 Å². The van der Waals surface area contributed by atoms with Gasteiger partial charge in [0.1, 0.15) is 11.5 Å². The number of anilines is 2. The Labute approximate surface area is 328 Å². The fraction of sp³-hybridized carbons (Fsp3) is 0.293. The van der Waals surface area contributed by atoms with Gasteiger partial charge in [0.05, 0.1) is 45.8 Å². The van der Waals surface area contributed by atoms with Crippen molar-refractivity contribution in [3.63, 3.8) is 0 Å². The first-order valence-corrected chi connectivity index (χ1v) is 19.2. The number of thiophene rings is 1. The van der Waals surface area contributed by atoms with Crippen LogP contribution < -0.4 is 14.5 Å². The van der Waals surface area contributed by atoms with E-state index in [1.165, 1.54) is 58.4 Å². The van der Waals surface area contributed by atoms with E-state index in [0.29, 0.717) is 22.1 Å². The summed E-state index contributed by atoms with van der Waals surface area (Å²) in [6.07, 6.45) is 2.22. The van der Waals surface area contributed by atoms with Crippen molar-refractivity contribution in [1.82, 2.24) is 9.78 Å². The number of hydrogen-bond acceptors (Lipinski definition) is 10. The third-order valence-corrected chi connectivity index (χ3v) is 13.9. The van der Waals surface area contributed by atoms with Crippen molar-refractivity contribution >= 4 is 73.8 Å². The van der Waals surface area contributed by atoms with E-state index in [4.69, 9.17) is 21.4 Å². The molecular weight excluding hydrogens is 758 g/mol. The van der Waals surface area contributed by atoms with Gasteiger partial charge in [-0.25, -0.2) is 9.80 Å². The fourth-order valence-electron chi connectivity index (χ4n) is 9.70. The van der Waals surface area contributed by atoms with Crippen molar-refractivity contribution in [2.45, 2.75) is 32.6 Å². The molecule has 0 bridgehead atoms. The second kappa shape index (κ2) is 12.6. The number of allylic oxidation sites excluding steroid dienone is 2. The predicted octanol–water partition coefficient (Wildman–Crippen LogP) is 7.32. The number of methoxy groups -OCH3 is 1. The number of aryl methyl sites for hydroxylation is 2. The van der Waals surface area contributed by atoms with E-state index in [1.54, 1.807) is 32.2 Å². The Hall–Kier alpha value is -5.86. The number of amides is 4. The van der Waals surface area contributed by atoms with Crippen LogP contribution in [-0.4, -0.2) is 50.5 Å². The van der Waals surface area contributed by atoms with Gasteiger partial charge in [0.15, 0.2) is 11.5 Å². The molecule has 3 aromatic carbocycles. The lowest BCUT2D eigenvalue weighted by atomic mass is 9.51. The van der Waals surface area contributed by atoms with E-state index in [-0.39, 0.29) is 35.7 Å². The first-order chi connectivity index (χ1) is 26.7. The first kappa shape index (κ1) is 35.8. The molecule has 284 valence electrons. The molecule has 4 heterocycles. The zero-order valence-electron chi connectivity index (χ0n) is 30.6. The minimum absolute atomic E-state index is 0.105. The number of imide groups is 2. The standard InChI is InChI=1S/C41H34ClN5O8S/c1-19-26-15-21(42)9-13-32(26)56-36(19)29-18-33(44(3)43-29)46-38(50)28-17-27-24(35(41(28,2)40(46)52)20-8-12-30(48)31(14-20)55-4)10-11-25-34(27)39(51)45(37(25)49)22-6-5-7-23(16-22)47(53)54/h5-10,12-16,18,25,27-28,34-35,48H,11,17H2,1-4H3. The molecule has 2 aliphatic heterocycles. The maximum Gasteiger partial charge on any atom is 0.271 e. The molecule has 9 rings (SSSR count). The highest BCUT2D eigenvalue weighted by Crippen LogP contribution is 2.64. The van der Waals surface area contributed by atoms with Gasteiger partial charge in [-0.1, -0.05) is 35.4 Å². The number of non-ortho nitro benzene ring substituents is 1. The number of aromatic nitrogens is 2. The Morgan fingerprint density at radius 2 is 1.79 bits per heavy atom. The van der Waals surface area contributed by atoms with Crippen LogP contribution in [0, 0.1) is 46.1 Å². The number of ether oxygens (including phenoxy) is 1. The highest BCUT2D eigenvalue weighted by atomic mass is 35.5. The summed E-state index contributed by atoms with van der Waals surface area (Å²) in [5.41, 5.74) is 1.40. The van der Waals surface area contributed by atoms with Crippen LogP contribution in [0.4, 0.5) is 17.2 Å². The molecule has 6 atom stereocenters. The third kappa shape index (κ3) is 4.94.